The van der Waals surface area contributed by atoms with Crippen LogP contribution < -0.4 is 21.0 Å². The number of nitrogens with one attached hydrogen (secondary N) is 2. The molecular weight excluding hydrogens is 458 g/mol. The Balaban J connectivity index is 1.21. The molecule has 8 nitrogen and oxygen atoms in total. The highest BCUT2D eigenvalue weighted by Crippen LogP contribution is 2.28. The van der Waals surface area contributed by atoms with Gasteiger partial charge in [0.1, 0.15) is 17.1 Å². The summed E-state index contributed by atoms with van der Waals surface area (Å²) in [5, 5.41) is 17.9. The highest BCUT2D eigenvalue weighted by atomic mass is 16.5. The maximum Gasteiger partial charge on any atom is 0.336 e. The largest absolute Gasteiger partial charge is 0.508 e. The van der Waals surface area contributed by atoms with Crippen LogP contribution in [0.4, 0.5) is 5.69 Å². The molecule has 0 fully saturated rings. The summed E-state index contributed by atoms with van der Waals surface area (Å²) in [5.41, 5.74) is 2.53. The van der Waals surface area contributed by atoms with Crippen molar-refractivity contribution in [2.75, 3.05) is 19.0 Å². The first-order valence-electron chi connectivity index (χ1n) is 12.1. The Kier molecular flexibility index (Phi) is 8.05. The number of methoxy groups -OCH3 is 1. The van der Waals surface area contributed by atoms with Crippen LogP contribution in [-0.2, 0) is 11.2 Å². The van der Waals surface area contributed by atoms with Crippen molar-refractivity contribution in [3.05, 3.63) is 70.7 Å². The number of amides is 1. The molecule has 0 aliphatic rings. The number of phenols is 1. The zero-order valence-electron chi connectivity index (χ0n) is 20.5. The minimum atomic E-state index is -0.465. The van der Waals surface area contributed by atoms with Gasteiger partial charge in [0.25, 0.3) is 0 Å². The summed E-state index contributed by atoms with van der Waals surface area (Å²) in [6, 6.07) is 14.2. The zero-order chi connectivity index (χ0) is 25.5. The number of phenolic OH excluding ortho intramolecular Hbond substituents is 1. The standard InChI is InChI=1S/C28H31N3O5/c1-18(31-24-17-22(35-2)14-20-8-5-13-30-28(20)24)6-4-12-29-26(33)9-3-7-19-15-27(34)36-25-16-21(32)10-11-23(19)25/h5,8,10-11,13-18,31-32H,3-4,6-7,9,12H2,1-2H3,(H,29,33). The minimum Gasteiger partial charge on any atom is -0.508 e. The molecule has 8 heteroatoms. The number of fused-ring (bicyclic) bond motifs is 2. The molecule has 0 spiro atoms. The smallest absolute Gasteiger partial charge is 0.336 e. The summed E-state index contributed by atoms with van der Waals surface area (Å²) >= 11 is 0. The van der Waals surface area contributed by atoms with Crippen LogP contribution in [0.2, 0.25) is 0 Å². The first-order chi connectivity index (χ1) is 17.4. The maximum atomic E-state index is 12.3. The van der Waals surface area contributed by atoms with Crippen LogP contribution in [0, 0.1) is 0 Å². The minimum absolute atomic E-state index is 0.0106. The van der Waals surface area contributed by atoms with Crippen molar-refractivity contribution in [3.8, 4) is 11.5 Å². The number of aromatic nitrogens is 1. The van der Waals surface area contributed by atoms with Crippen LogP contribution in [-0.4, -0.2) is 35.7 Å². The van der Waals surface area contributed by atoms with Crippen molar-refractivity contribution in [2.24, 2.45) is 0 Å². The van der Waals surface area contributed by atoms with Crippen LogP contribution >= 0.6 is 0 Å². The summed E-state index contributed by atoms with van der Waals surface area (Å²) in [4.78, 5) is 28.6. The molecule has 1 atom stereocenters. The number of aromatic hydroxyl groups is 1. The predicted molar refractivity (Wildman–Crippen MR) is 141 cm³/mol. The Morgan fingerprint density at radius 3 is 2.86 bits per heavy atom. The number of anilines is 1. The van der Waals surface area contributed by atoms with Crippen molar-refractivity contribution >= 4 is 33.5 Å². The van der Waals surface area contributed by atoms with E-state index in [-0.39, 0.29) is 17.7 Å². The van der Waals surface area contributed by atoms with Crippen LogP contribution in [0.5, 0.6) is 11.5 Å². The molecule has 3 N–H and O–H groups in total. The lowest BCUT2D eigenvalue weighted by Gasteiger charge is -2.17. The number of carbonyl (C=O) groups excluding carboxylic acids is 1. The zero-order valence-corrected chi connectivity index (χ0v) is 20.5. The Bertz CT molecular complexity index is 1420. The number of hydrogen-bond donors (Lipinski definition) is 3. The Labute approximate surface area is 209 Å². The molecule has 188 valence electrons. The molecule has 0 saturated carbocycles. The van der Waals surface area contributed by atoms with Crippen molar-refractivity contribution in [1.82, 2.24) is 10.3 Å². The molecule has 2 aromatic carbocycles. The molecule has 2 aromatic heterocycles. The van der Waals surface area contributed by atoms with Crippen molar-refractivity contribution in [3.63, 3.8) is 0 Å². The molecule has 0 aliphatic heterocycles. The van der Waals surface area contributed by atoms with Gasteiger partial charge in [-0.1, -0.05) is 6.07 Å². The normalized spacial score (nSPS) is 11.9. The number of ether oxygens (including phenoxy) is 1. The predicted octanol–water partition coefficient (Wildman–Crippen LogP) is 4.78. The van der Waals surface area contributed by atoms with Gasteiger partial charge in [-0.2, -0.15) is 0 Å². The lowest BCUT2D eigenvalue weighted by molar-refractivity contribution is -0.121. The van der Waals surface area contributed by atoms with Gasteiger partial charge in [0.2, 0.25) is 5.91 Å². The molecule has 0 bridgehead atoms. The Hall–Kier alpha value is -4.07. The molecule has 36 heavy (non-hydrogen) atoms. The SMILES string of the molecule is COc1cc(NC(C)CCCNC(=O)CCCc2cc(=O)oc3cc(O)ccc23)c2ncccc2c1. The van der Waals surface area contributed by atoms with Crippen molar-refractivity contribution in [2.45, 2.75) is 45.1 Å². The lowest BCUT2D eigenvalue weighted by atomic mass is 10.0. The molecule has 0 aliphatic carbocycles. The molecule has 0 radical (unpaired) electrons. The number of nitrogens with zero attached hydrogens (tertiary/aromatic N) is 1. The van der Waals surface area contributed by atoms with Crippen molar-refractivity contribution in [1.29, 1.82) is 0 Å². The van der Waals surface area contributed by atoms with E-state index in [0.717, 1.165) is 46.1 Å². The van der Waals surface area contributed by atoms with Gasteiger partial charge in [-0.05, 0) is 62.4 Å². The van der Waals surface area contributed by atoms with Gasteiger partial charge in [0.15, 0.2) is 0 Å². The fourth-order valence-corrected chi connectivity index (χ4v) is 4.32. The van der Waals surface area contributed by atoms with Crippen LogP contribution in [0.1, 0.15) is 38.2 Å². The molecule has 4 rings (SSSR count). The van der Waals surface area contributed by atoms with E-state index in [1.54, 1.807) is 25.4 Å². The van der Waals surface area contributed by atoms with E-state index in [4.69, 9.17) is 9.15 Å². The second-order valence-electron chi connectivity index (χ2n) is 8.91. The average Bonchev–Trinajstić information content (AvgIpc) is 2.86. The quantitative estimate of drug-likeness (QED) is 0.205. The number of pyridine rings is 1. The van der Waals surface area contributed by atoms with E-state index in [2.05, 4.69) is 22.5 Å². The number of aryl methyl sites for hydroxylation is 1. The molecule has 0 saturated heterocycles. The lowest BCUT2D eigenvalue weighted by Crippen LogP contribution is -2.25. The third kappa shape index (κ3) is 6.33. The topological polar surface area (TPSA) is 114 Å². The number of rotatable bonds is 11. The molecule has 2 heterocycles. The Morgan fingerprint density at radius 1 is 1.17 bits per heavy atom. The summed E-state index contributed by atoms with van der Waals surface area (Å²) in [6.45, 7) is 2.70. The van der Waals surface area contributed by atoms with Gasteiger partial charge in [-0.3, -0.25) is 9.78 Å². The number of carbonyl (C=O) groups is 1. The maximum absolute atomic E-state index is 12.3. The van der Waals surface area contributed by atoms with Crippen LogP contribution in [0.3, 0.4) is 0 Å². The highest BCUT2D eigenvalue weighted by Gasteiger charge is 2.11. The molecule has 1 unspecified atom stereocenters. The summed E-state index contributed by atoms with van der Waals surface area (Å²) in [6.07, 6.45) is 5.05. The van der Waals surface area contributed by atoms with Crippen LogP contribution in [0.25, 0.3) is 21.9 Å². The van der Waals surface area contributed by atoms with E-state index >= 15 is 0 Å². The van der Waals surface area contributed by atoms with Gasteiger partial charge in [-0.15, -0.1) is 0 Å². The summed E-state index contributed by atoms with van der Waals surface area (Å²) in [5.74, 6) is 0.809. The second kappa shape index (κ2) is 11.6. The molecular formula is C28H31N3O5. The van der Waals surface area contributed by atoms with Crippen molar-refractivity contribution < 1.29 is 19.1 Å². The Morgan fingerprint density at radius 2 is 2.03 bits per heavy atom. The monoisotopic (exact) mass is 489 g/mol. The van der Waals surface area contributed by atoms with Gasteiger partial charge in [-0.25, -0.2) is 4.79 Å². The fraction of sp³-hybridized carbons (Fsp3) is 0.321. The van der Waals surface area contributed by atoms with E-state index in [1.807, 2.05) is 24.3 Å². The van der Waals surface area contributed by atoms with Gasteiger partial charge in [0.05, 0.1) is 18.3 Å². The average molecular weight is 490 g/mol. The summed E-state index contributed by atoms with van der Waals surface area (Å²) in [7, 11) is 1.65. The summed E-state index contributed by atoms with van der Waals surface area (Å²) < 4.78 is 10.6. The fourth-order valence-electron chi connectivity index (χ4n) is 4.32. The molecule has 4 aromatic rings. The third-order valence-corrected chi connectivity index (χ3v) is 6.12. The third-order valence-electron chi connectivity index (χ3n) is 6.12. The number of benzene rings is 2. The van der Waals surface area contributed by atoms with E-state index in [1.165, 1.54) is 12.1 Å². The van der Waals surface area contributed by atoms with E-state index < -0.39 is 5.63 Å². The second-order valence-corrected chi connectivity index (χ2v) is 8.91. The van der Waals surface area contributed by atoms with Gasteiger partial charge >= 0.3 is 5.63 Å². The first-order valence-corrected chi connectivity index (χ1v) is 12.1. The van der Waals surface area contributed by atoms with E-state index in [9.17, 15) is 14.7 Å². The van der Waals surface area contributed by atoms with Gasteiger partial charge < -0.3 is 24.9 Å². The van der Waals surface area contributed by atoms with Crippen LogP contribution in [0.15, 0.2) is 63.9 Å². The van der Waals surface area contributed by atoms with E-state index in [0.29, 0.717) is 31.4 Å². The highest BCUT2D eigenvalue weighted by molar-refractivity contribution is 5.92. The molecule has 1 amide bonds. The number of hydrogen-bond acceptors (Lipinski definition) is 7. The van der Waals surface area contributed by atoms with Gasteiger partial charge in [0, 0.05) is 54.2 Å². The first kappa shape index (κ1) is 25.0.